The molecule has 0 aliphatic rings. The van der Waals surface area contributed by atoms with Gasteiger partial charge in [-0.15, -0.1) is 0 Å². The highest BCUT2D eigenvalue weighted by Crippen LogP contribution is 2.25. The number of amides is 1. The third-order valence-corrected chi connectivity index (χ3v) is 3.45. The molecule has 0 heterocycles. The molecule has 1 amide bonds. The highest BCUT2D eigenvalue weighted by Gasteiger charge is 2.23. The molecule has 0 aliphatic carbocycles. The molecule has 0 atom stereocenters. The number of anilines is 1. The minimum absolute atomic E-state index is 0.0979. The summed E-state index contributed by atoms with van der Waals surface area (Å²) < 4.78 is 0. The molecule has 0 aromatic heterocycles. The van der Waals surface area contributed by atoms with Crippen molar-refractivity contribution in [1.82, 2.24) is 0 Å². The third kappa shape index (κ3) is 3.54. The highest BCUT2D eigenvalue weighted by molar-refractivity contribution is 6.06. The maximum absolute atomic E-state index is 12.7. The van der Waals surface area contributed by atoms with Crippen LogP contribution in [0.5, 0.6) is 0 Å². The van der Waals surface area contributed by atoms with Gasteiger partial charge in [-0.1, -0.05) is 12.1 Å². The first-order valence-electron chi connectivity index (χ1n) is 7.16. The van der Waals surface area contributed by atoms with E-state index < -0.39 is 27.1 Å². The average molecular weight is 329 g/mol. The molecule has 0 aliphatic heterocycles. The van der Waals surface area contributed by atoms with Crippen LogP contribution in [0.25, 0.3) is 0 Å². The van der Waals surface area contributed by atoms with Gasteiger partial charge in [0.2, 0.25) is 0 Å². The fraction of sp³-hybridized carbons (Fsp3) is 0.188. The molecule has 0 spiro atoms. The van der Waals surface area contributed by atoms with Crippen LogP contribution in [0, 0.1) is 27.2 Å². The Morgan fingerprint density at radius 3 is 2.08 bits per heavy atom. The van der Waals surface area contributed by atoms with Gasteiger partial charge in [-0.25, -0.2) is 0 Å². The fourth-order valence-electron chi connectivity index (χ4n) is 2.32. The zero-order valence-electron chi connectivity index (χ0n) is 13.1. The number of nitro groups is 2. The van der Waals surface area contributed by atoms with Crippen molar-refractivity contribution in [2.45, 2.75) is 13.8 Å². The summed E-state index contributed by atoms with van der Waals surface area (Å²) in [6.07, 6.45) is 0. The lowest BCUT2D eigenvalue weighted by atomic mass is 10.1. The number of nitrogens with zero attached hydrogens (tertiary/aromatic N) is 3. The summed E-state index contributed by atoms with van der Waals surface area (Å²) in [7, 11) is 0. The Labute approximate surface area is 137 Å². The van der Waals surface area contributed by atoms with Crippen molar-refractivity contribution >= 4 is 23.0 Å². The number of hydrogen-bond donors (Lipinski definition) is 0. The van der Waals surface area contributed by atoms with E-state index in [0.717, 1.165) is 23.8 Å². The highest BCUT2D eigenvalue weighted by atomic mass is 16.6. The van der Waals surface area contributed by atoms with Gasteiger partial charge in [-0.05, 0) is 31.5 Å². The van der Waals surface area contributed by atoms with Crippen LogP contribution in [0.4, 0.5) is 17.1 Å². The van der Waals surface area contributed by atoms with Gasteiger partial charge in [-0.2, -0.15) is 0 Å². The van der Waals surface area contributed by atoms with E-state index in [2.05, 4.69) is 0 Å². The summed E-state index contributed by atoms with van der Waals surface area (Å²) in [5.41, 5.74) is 0.486. The topological polar surface area (TPSA) is 107 Å². The Balaban J connectivity index is 2.50. The normalized spacial score (nSPS) is 10.2. The van der Waals surface area contributed by atoms with Crippen LogP contribution in [-0.2, 0) is 0 Å². The monoisotopic (exact) mass is 329 g/mol. The van der Waals surface area contributed by atoms with Gasteiger partial charge in [0.1, 0.15) is 0 Å². The molecule has 0 saturated carbocycles. The first-order chi connectivity index (χ1) is 11.3. The number of carbonyl (C=O) groups excluding carboxylic acids is 1. The van der Waals surface area contributed by atoms with Gasteiger partial charge in [0.05, 0.1) is 21.5 Å². The summed E-state index contributed by atoms with van der Waals surface area (Å²) in [4.78, 5) is 34.5. The average Bonchev–Trinajstić information content (AvgIpc) is 2.55. The number of non-ortho nitro benzene ring substituents is 2. The number of aryl methyl sites for hydroxylation is 1. The SMILES string of the molecule is CCN(C(=O)c1cc([N+](=O)[O-])cc([N+](=O)[O-])c1)c1cccc(C)c1. The van der Waals surface area contributed by atoms with Crippen LogP contribution < -0.4 is 4.90 Å². The van der Waals surface area contributed by atoms with Crippen molar-refractivity contribution in [3.8, 4) is 0 Å². The molecule has 24 heavy (non-hydrogen) atoms. The fourth-order valence-corrected chi connectivity index (χ4v) is 2.32. The number of rotatable bonds is 5. The van der Waals surface area contributed by atoms with Gasteiger partial charge >= 0.3 is 0 Å². The molecule has 2 rings (SSSR count). The summed E-state index contributed by atoms with van der Waals surface area (Å²) in [5.74, 6) is -0.532. The van der Waals surface area contributed by atoms with Gasteiger partial charge in [-0.3, -0.25) is 25.0 Å². The molecule has 0 N–H and O–H groups in total. The Hall–Kier alpha value is -3.29. The van der Waals surface area contributed by atoms with E-state index in [1.807, 2.05) is 13.0 Å². The molecule has 2 aromatic carbocycles. The Kier molecular flexibility index (Phi) is 4.88. The zero-order valence-corrected chi connectivity index (χ0v) is 13.1. The molecule has 0 fully saturated rings. The summed E-state index contributed by atoms with van der Waals surface area (Å²) >= 11 is 0. The summed E-state index contributed by atoms with van der Waals surface area (Å²) in [6, 6.07) is 10.1. The molecule has 0 radical (unpaired) electrons. The molecule has 0 saturated heterocycles. The molecular formula is C16H15N3O5. The minimum atomic E-state index is -0.757. The second-order valence-electron chi connectivity index (χ2n) is 5.14. The second kappa shape index (κ2) is 6.86. The van der Waals surface area contributed by atoms with Gasteiger partial charge in [0, 0.05) is 24.4 Å². The van der Waals surface area contributed by atoms with Crippen LogP contribution in [0.1, 0.15) is 22.8 Å². The van der Waals surface area contributed by atoms with Gasteiger partial charge in [0.15, 0.2) is 0 Å². The number of benzene rings is 2. The number of carbonyl (C=O) groups is 1. The third-order valence-electron chi connectivity index (χ3n) is 3.45. The lowest BCUT2D eigenvalue weighted by Gasteiger charge is -2.21. The standard InChI is InChI=1S/C16H15N3O5/c1-3-17(13-6-4-5-11(2)7-13)16(20)12-8-14(18(21)22)10-15(9-12)19(23)24/h4-10H,3H2,1-2H3. The Morgan fingerprint density at radius 1 is 1.04 bits per heavy atom. The van der Waals surface area contributed by atoms with Crippen molar-refractivity contribution in [2.75, 3.05) is 11.4 Å². The lowest BCUT2D eigenvalue weighted by molar-refractivity contribution is -0.394. The van der Waals surface area contributed by atoms with Crippen molar-refractivity contribution in [1.29, 1.82) is 0 Å². The Morgan fingerprint density at radius 2 is 1.62 bits per heavy atom. The Bertz CT molecular complexity index is 787. The van der Waals surface area contributed by atoms with E-state index in [0.29, 0.717) is 12.2 Å². The van der Waals surface area contributed by atoms with E-state index in [-0.39, 0.29) is 5.56 Å². The van der Waals surface area contributed by atoms with Crippen LogP contribution in [0.2, 0.25) is 0 Å². The zero-order chi connectivity index (χ0) is 17.9. The first kappa shape index (κ1) is 17.1. The molecule has 8 heteroatoms. The van der Waals surface area contributed by atoms with Crippen molar-refractivity contribution in [3.63, 3.8) is 0 Å². The van der Waals surface area contributed by atoms with Crippen LogP contribution >= 0.6 is 0 Å². The van der Waals surface area contributed by atoms with E-state index in [1.165, 1.54) is 4.90 Å². The van der Waals surface area contributed by atoms with Gasteiger partial charge < -0.3 is 4.90 Å². The maximum Gasteiger partial charge on any atom is 0.277 e. The largest absolute Gasteiger partial charge is 0.309 e. The van der Waals surface area contributed by atoms with Gasteiger partial charge in [0.25, 0.3) is 17.3 Å². The van der Waals surface area contributed by atoms with E-state index in [1.54, 1.807) is 25.1 Å². The molecule has 2 aromatic rings. The molecule has 0 unspecified atom stereocenters. The molecule has 124 valence electrons. The summed E-state index contributed by atoms with van der Waals surface area (Å²) in [5, 5.41) is 21.9. The smallest absolute Gasteiger partial charge is 0.277 e. The van der Waals surface area contributed by atoms with E-state index >= 15 is 0 Å². The second-order valence-corrected chi connectivity index (χ2v) is 5.14. The maximum atomic E-state index is 12.7. The molecular weight excluding hydrogens is 314 g/mol. The van der Waals surface area contributed by atoms with Crippen molar-refractivity contribution < 1.29 is 14.6 Å². The summed E-state index contributed by atoms with van der Waals surface area (Å²) in [6.45, 7) is 3.95. The number of hydrogen-bond acceptors (Lipinski definition) is 5. The first-order valence-corrected chi connectivity index (χ1v) is 7.16. The molecule has 0 bridgehead atoms. The minimum Gasteiger partial charge on any atom is -0.309 e. The predicted octanol–water partition coefficient (Wildman–Crippen LogP) is 3.48. The van der Waals surface area contributed by atoms with Crippen LogP contribution in [-0.4, -0.2) is 22.3 Å². The van der Waals surface area contributed by atoms with Crippen LogP contribution in [0.3, 0.4) is 0 Å². The van der Waals surface area contributed by atoms with Crippen molar-refractivity contribution in [3.05, 3.63) is 73.8 Å². The molecule has 8 nitrogen and oxygen atoms in total. The van der Waals surface area contributed by atoms with E-state index in [9.17, 15) is 25.0 Å². The predicted molar refractivity (Wildman–Crippen MR) is 88.3 cm³/mol. The van der Waals surface area contributed by atoms with E-state index in [4.69, 9.17) is 0 Å². The van der Waals surface area contributed by atoms with Crippen LogP contribution in [0.15, 0.2) is 42.5 Å². The quantitative estimate of drug-likeness (QED) is 0.616. The lowest BCUT2D eigenvalue weighted by Crippen LogP contribution is -2.30. The number of nitro benzene ring substituents is 2. The van der Waals surface area contributed by atoms with Crippen molar-refractivity contribution in [2.24, 2.45) is 0 Å².